The summed E-state index contributed by atoms with van der Waals surface area (Å²) in [5.74, 6) is 0.328. The number of hydrogen-bond acceptors (Lipinski definition) is 8. The smallest absolute Gasteiger partial charge is 0.292 e. The lowest BCUT2D eigenvalue weighted by molar-refractivity contribution is 0.607. The Hall–Kier alpha value is -4.73. The topological polar surface area (TPSA) is 144 Å². The Bertz CT molecular complexity index is 1890. The number of aryl methyl sites for hydroxylation is 1. The molecule has 0 unspecified atom stereocenters. The summed E-state index contributed by atoms with van der Waals surface area (Å²) >= 11 is 0. The fourth-order valence-corrected chi connectivity index (χ4v) is 5.05. The Morgan fingerprint density at radius 1 is 1.08 bits per heavy atom. The first-order valence-corrected chi connectivity index (χ1v) is 11.7. The lowest BCUT2D eigenvalue weighted by Crippen LogP contribution is -2.25. The number of nitrogens with zero attached hydrogens (tertiary/aromatic N) is 6. The number of nitrogens with two attached hydrogens (primary N) is 2. The van der Waals surface area contributed by atoms with Crippen molar-refractivity contribution in [3.05, 3.63) is 70.4 Å². The molecule has 6 aromatic rings. The minimum atomic E-state index is 0.0444. The third kappa shape index (κ3) is 3.07. The normalized spacial score (nSPS) is 13.8. The molecule has 0 saturated heterocycles. The number of rotatable bonds is 4. The van der Waals surface area contributed by atoms with Crippen LogP contribution in [0.3, 0.4) is 0 Å². The first-order chi connectivity index (χ1) is 17.5. The maximum Gasteiger partial charge on any atom is 0.292 e. The van der Waals surface area contributed by atoms with Gasteiger partial charge in [0, 0.05) is 17.3 Å². The van der Waals surface area contributed by atoms with Crippen molar-refractivity contribution in [3.63, 3.8) is 0 Å². The minimum Gasteiger partial charge on any atom is -0.424 e. The molecule has 1 aliphatic rings. The van der Waals surface area contributed by atoms with Crippen LogP contribution in [0, 0.1) is 6.92 Å². The van der Waals surface area contributed by atoms with E-state index in [-0.39, 0.29) is 17.6 Å². The zero-order valence-corrected chi connectivity index (χ0v) is 19.5. The van der Waals surface area contributed by atoms with E-state index in [9.17, 15) is 4.79 Å². The first-order valence-electron chi connectivity index (χ1n) is 11.7. The molecule has 0 radical (unpaired) electrons. The van der Waals surface area contributed by atoms with Crippen LogP contribution in [0.15, 0.2) is 58.0 Å². The summed E-state index contributed by atoms with van der Waals surface area (Å²) in [4.78, 5) is 26.5. The molecule has 2 aromatic carbocycles. The van der Waals surface area contributed by atoms with Crippen LogP contribution < -0.4 is 17.0 Å². The van der Waals surface area contributed by atoms with Gasteiger partial charge in [-0.05, 0) is 55.0 Å². The molecule has 7 rings (SSSR count). The zero-order valence-electron chi connectivity index (χ0n) is 19.5. The molecule has 10 heteroatoms. The maximum atomic E-state index is 13.6. The van der Waals surface area contributed by atoms with Crippen molar-refractivity contribution < 1.29 is 4.42 Å². The number of fused-ring (bicyclic) bond motifs is 3. The van der Waals surface area contributed by atoms with Crippen LogP contribution in [0.25, 0.3) is 44.2 Å². The standard InChI is InChI=1S/C26H22N8O2/c1-13-3-2-4-14-9-17(34(16-6-7-16)25(35)20(13)14)11-33-24-21(23(27)29-12-30-24)22(32-33)15-5-8-19-18(10-15)31-26(28)36-19/h2-5,8-10,12,16H,6-7,11H2,1H3,(H2,28,31)(H2,27,29,30). The molecule has 0 spiro atoms. The van der Waals surface area contributed by atoms with E-state index in [4.69, 9.17) is 21.0 Å². The molecule has 178 valence electrons. The third-order valence-electron chi connectivity index (χ3n) is 6.83. The fourth-order valence-electron chi connectivity index (χ4n) is 5.05. The molecule has 4 aromatic heterocycles. The van der Waals surface area contributed by atoms with Crippen molar-refractivity contribution in [2.45, 2.75) is 32.4 Å². The van der Waals surface area contributed by atoms with Crippen LogP contribution in [0.1, 0.15) is 30.1 Å². The van der Waals surface area contributed by atoms with Gasteiger partial charge in [0.1, 0.15) is 23.4 Å². The van der Waals surface area contributed by atoms with E-state index < -0.39 is 0 Å². The fraction of sp³-hybridized carbons (Fsp3) is 0.192. The van der Waals surface area contributed by atoms with Crippen LogP contribution in [-0.4, -0.2) is 29.3 Å². The van der Waals surface area contributed by atoms with Gasteiger partial charge >= 0.3 is 0 Å². The van der Waals surface area contributed by atoms with Gasteiger partial charge in [-0.15, -0.1) is 0 Å². The second-order valence-electron chi connectivity index (χ2n) is 9.28. The van der Waals surface area contributed by atoms with E-state index in [2.05, 4.69) is 21.0 Å². The summed E-state index contributed by atoms with van der Waals surface area (Å²) in [7, 11) is 0. The Morgan fingerprint density at radius 3 is 2.78 bits per heavy atom. The van der Waals surface area contributed by atoms with E-state index >= 15 is 0 Å². The van der Waals surface area contributed by atoms with Crippen molar-refractivity contribution in [3.8, 4) is 11.3 Å². The SMILES string of the molecule is Cc1cccc2cc(Cn3nc(-c4ccc5oc(N)nc5c4)c4c(N)ncnc43)n(C3CC3)c(=O)c12. The summed E-state index contributed by atoms with van der Waals surface area (Å²) in [6.45, 7) is 2.34. The number of anilines is 2. The van der Waals surface area contributed by atoms with Crippen LogP contribution in [0.2, 0.25) is 0 Å². The van der Waals surface area contributed by atoms with E-state index in [1.807, 2.05) is 41.8 Å². The quantitative estimate of drug-likeness (QED) is 0.389. The highest BCUT2D eigenvalue weighted by Crippen LogP contribution is 2.37. The second kappa shape index (κ2) is 7.38. The second-order valence-corrected chi connectivity index (χ2v) is 9.28. The Labute approximate surface area is 204 Å². The molecule has 4 heterocycles. The molecule has 36 heavy (non-hydrogen) atoms. The minimum absolute atomic E-state index is 0.0444. The van der Waals surface area contributed by atoms with Gasteiger partial charge < -0.3 is 20.5 Å². The van der Waals surface area contributed by atoms with E-state index in [0.29, 0.717) is 40.2 Å². The van der Waals surface area contributed by atoms with Gasteiger partial charge in [0.2, 0.25) is 0 Å². The summed E-state index contributed by atoms with van der Waals surface area (Å²) in [5.41, 5.74) is 17.2. The number of nitrogen functional groups attached to an aromatic ring is 2. The molecule has 1 aliphatic carbocycles. The van der Waals surface area contributed by atoms with Crippen molar-refractivity contribution in [2.24, 2.45) is 0 Å². The highest BCUT2D eigenvalue weighted by Gasteiger charge is 2.28. The lowest BCUT2D eigenvalue weighted by Gasteiger charge is -2.15. The molecule has 0 atom stereocenters. The Kier molecular flexibility index (Phi) is 4.23. The number of hydrogen-bond donors (Lipinski definition) is 2. The summed E-state index contributed by atoms with van der Waals surface area (Å²) in [6.07, 6.45) is 3.41. The van der Waals surface area contributed by atoms with Gasteiger partial charge in [-0.1, -0.05) is 18.2 Å². The molecule has 4 N–H and O–H groups in total. The summed E-state index contributed by atoms with van der Waals surface area (Å²) < 4.78 is 9.13. The van der Waals surface area contributed by atoms with Gasteiger partial charge in [-0.25, -0.2) is 14.6 Å². The van der Waals surface area contributed by atoms with Crippen molar-refractivity contribution in [1.82, 2.24) is 29.3 Å². The Balaban J connectivity index is 1.43. The molecular weight excluding hydrogens is 456 g/mol. The molecule has 0 bridgehead atoms. The highest BCUT2D eigenvalue weighted by atomic mass is 16.4. The van der Waals surface area contributed by atoms with Gasteiger partial charge in [-0.3, -0.25) is 4.79 Å². The number of aromatic nitrogens is 6. The van der Waals surface area contributed by atoms with Crippen LogP contribution in [0.5, 0.6) is 0 Å². The predicted molar refractivity (Wildman–Crippen MR) is 137 cm³/mol. The molecule has 0 amide bonds. The third-order valence-corrected chi connectivity index (χ3v) is 6.83. The lowest BCUT2D eigenvalue weighted by atomic mass is 10.1. The van der Waals surface area contributed by atoms with Crippen molar-refractivity contribution >= 4 is 44.7 Å². The average Bonchev–Trinajstić information content (AvgIpc) is 3.51. The van der Waals surface area contributed by atoms with Gasteiger partial charge in [0.05, 0.1) is 17.3 Å². The first kappa shape index (κ1) is 20.6. The molecule has 1 saturated carbocycles. The van der Waals surface area contributed by atoms with Crippen molar-refractivity contribution in [2.75, 3.05) is 11.5 Å². The van der Waals surface area contributed by atoms with Gasteiger partial charge in [0.25, 0.3) is 11.6 Å². The van der Waals surface area contributed by atoms with E-state index in [0.717, 1.165) is 40.4 Å². The van der Waals surface area contributed by atoms with E-state index in [1.165, 1.54) is 6.33 Å². The summed E-state index contributed by atoms with van der Waals surface area (Å²) in [6, 6.07) is 13.9. The molecule has 0 aliphatic heterocycles. The monoisotopic (exact) mass is 478 g/mol. The van der Waals surface area contributed by atoms with Crippen LogP contribution in [-0.2, 0) is 6.54 Å². The van der Waals surface area contributed by atoms with Gasteiger partial charge in [0.15, 0.2) is 11.2 Å². The predicted octanol–water partition coefficient (Wildman–Crippen LogP) is 3.81. The van der Waals surface area contributed by atoms with Crippen LogP contribution >= 0.6 is 0 Å². The van der Waals surface area contributed by atoms with Gasteiger partial charge in [-0.2, -0.15) is 10.1 Å². The molecule has 10 nitrogen and oxygen atoms in total. The molecule has 1 fully saturated rings. The average molecular weight is 479 g/mol. The number of benzene rings is 2. The zero-order chi connectivity index (χ0) is 24.6. The number of pyridine rings is 1. The summed E-state index contributed by atoms with van der Waals surface area (Å²) in [5, 5.41) is 7.24. The largest absolute Gasteiger partial charge is 0.424 e. The van der Waals surface area contributed by atoms with E-state index in [1.54, 1.807) is 10.7 Å². The number of oxazole rings is 1. The highest BCUT2D eigenvalue weighted by molar-refractivity contribution is 5.99. The Morgan fingerprint density at radius 2 is 1.94 bits per heavy atom. The maximum absolute atomic E-state index is 13.6. The van der Waals surface area contributed by atoms with Crippen LogP contribution in [0.4, 0.5) is 11.8 Å². The van der Waals surface area contributed by atoms with Crippen molar-refractivity contribution in [1.29, 1.82) is 0 Å². The molecular formula is C26H22N8O2.